The summed E-state index contributed by atoms with van der Waals surface area (Å²) in [7, 11) is 0. The molecule has 0 amide bonds. The summed E-state index contributed by atoms with van der Waals surface area (Å²) < 4.78 is 5.54. The van der Waals surface area contributed by atoms with E-state index in [1.807, 2.05) is 0 Å². The highest BCUT2D eigenvalue weighted by Crippen LogP contribution is 2.44. The molecular formula is C17H24N2OS. The van der Waals surface area contributed by atoms with E-state index in [9.17, 15) is 0 Å². The molecular weight excluding hydrogens is 280 g/mol. The average molecular weight is 304 g/mol. The van der Waals surface area contributed by atoms with E-state index >= 15 is 0 Å². The van der Waals surface area contributed by atoms with Crippen molar-refractivity contribution in [2.45, 2.75) is 49.1 Å². The molecule has 3 nitrogen and oxygen atoms in total. The topological polar surface area (TPSA) is 25.4 Å². The standard InChI is InChI=1S/C17H24N2OS/c1-12-8-13-2-3-17(16(13)9-18-12)21-15-4-6-19(10-15)14-5-7-20-11-14/h8-9,14-15,17H,2-7,10-11H2,1H3/t14?,15-,17?/m1/s1. The fraction of sp³-hybridized carbons (Fsp3) is 0.706. The summed E-state index contributed by atoms with van der Waals surface area (Å²) in [6.45, 7) is 6.52. The van der Waals surface area contributed by atoms with E-state index in [1.54, 1.807) is 5.56 Å². The lowest BCUT2D eigenvalue weighted by Gasteiger charge is -2.23. The number of pyridine rings is 1. The number of thioether (sulfide) groups is 1. The molecule has 2 unspecified atom stereocenters. The van der Waals surface area contributed by atoms with Gasteiger partial charge in [0.15, 0.2) is 0 Å². The van der Waals surface area contributed by atoms with Gasteiger partial charge in [-0.3, -0.25) is 9.88 Å². The highest BCUT2D eigenvalue weighted by molar-refractivity contribution is 8.00. The predicted octanol–water partition coefficient (Wildman–Crippen LogP) is 2.97. The van der Waals surface area contributed by atoms with Gasteiger partial charge in [-0.1, -0.05) is 0 Å². The van der Waals surface area contributed by atoms with Gasteiger partial charge in [0.25, 0.3) is 0 Å². The molecule has 114 valence electrons. The van der Waals surface area contributed by atoms with Crippen LogP contribution in [0.2, 0.25) is 0 Å². The molecule has 4 rings (SSSR count). The minimum Gasteiger partial charge on any atom is -0.380 e. The number of nitrogens with zero attached hydrogens (tertiary/aromatic N) is 2. The monoisotopic (exact) mass is 304 g/mol. The molecule has 21 heavy (non-hydrogen) atoms. The Morgan fingerprint density at radius 3 is 3.14 bits per heavy atom. The summed E-state index contributed by atoms with van der Waals surface area (Å²) in [5, 5.41) is 1.47. The molecule has 1 aromatic rings. The zero-order valence-electron chi connectivity index (χ0n) is 12.8. The lowest BCUT2D eigenvalue weighted by Crippen LogP contribution is -2.33. The SMILES string of the molecule is Cc1cc2c(cn1)C(S[C@@H]1CCN(C3CCOC3)C1)CC2. The summed E-state index contributed by atoms with van der Waals surface area (Å²) in [5.41, 5.74) is 4.21. The minimum atomic E-state index is 0.679. The number of fused-ring (bicyclic) bond motifs is 1. The Balaban J connectivity index is 1.38. The van der Waals surface area contributed by atoms with Gasteiger partial charge in [0.1, 0.15) is 0 Å². The van der Waals surface area contributed by atoms with Crippen LogP contribution in [-0.2, 0) is 11.2 Å². The van der Waals surface area contributed by atoms with Crippen molar-refractivity contribution in [2.24, 2.45) is 0 Å². The normalized spacial score (nSPS) is 32.7. The summed E-state index contributed by atoms with van der Waals surface area (Å²) in [6.07, 6.45) is 7.24. The van der Waals surface area contributed by atoms with Crippen LogP contribution in [0.15, 0.2) is 12.3 Å². The van der Waals surface area contributed by atoms with Crippen LogP contribution in [0.25, 0.3) is 0 Å². The molecule has 0 spiro atoms. The van der Waals surface area contributed by atoms with Gasteiger partial charge >= 0.3 is 0 Å². The number of rotatable bonds is 3. The third kappa shape index (κ3) is 2.86. The number of aryl methyl sites for hydroxylation is 2. The van der Waals surface area contributed by atoms with Gasteiger partial charge in [-0.05, 0) is 56.3 Å². The van der Waals surface area contributed by atoms with E-state index in [0.29, 0.717) is 11.3 Å². The summed E-state index contributed by atoms with van der Waals surface area (Å²) in [5.74, 6) is 0. The fourth-order valence-corrected chi connectivity index (χ4v) is 5.55. The average Bonchev–Trinajstić information content (AvgIpc) is 3.19. The maximum atomic E-state index is 5.54. The number of likely N-dealkylation sites (tertiary alicyclic amines) is 1. The summed E-state index contributed by atoms with van der Waals surface area (Å²) >= 11 is 2.20. The largest absolute Gasteiger partial charge is 0.380 e. The quantitative estimate of drug-likeness (QED) is 0.857. The van der Waals surface area contributed by atoms with Crippen molar-refractivity contribution < 1.29 is 4.74 Å². The molecule has 3 heterocycles. The maximum Gasteiger partial charge on any atom is 0.0622 e. The Kier molecular flexibility index (Phi) is 3.94. The lowest BCUT2D eigenvalue weighted by molar-refractivity contribution is 0.159. The first-order chi connectivity index (χ1) is 10.3. The van der Waals surface area contributed by atoms with E-state index in [1.165, 1.54) is 44.3 Å². The second-order valence-corrected chi connectivity index (χ2v) is 8.12. The van der Waals surface area contributed by atoms with Crippen molar-refractivity contribution in [3.8, 4) is 0 Å². The Hall–Kier alpha value is -0.580. The first-order valence-electron chi connectivity index (χ1n) is 8.22. The molecule has 3 aliphatic rings. The van der Waals surface area contributed by atoms with E-state index in [0.717, 1.165) is 24.2 Å². The van der Waals surface area contributed by atoms with Crippen LogP contribution in [-0.4, -0.2) is 47.5 Å². The van der Waals surface area contributed by atoms with Crippen LogP contribution in [0, 0.1) is 6.92 Å². The molecule has 3 atom stereocenters. The molecule has 0 bridgehead atoms. The Morgan fingerprint density at radius 1 is 1.33 bits per heavy atom. The first kappa shape index (κ1) is 14.0. The van der Waals surface area contributed by atoms with E-state index in [2.05, 4.69) is 40.8 Å². The molecule has 2 saturated heterocycles. The van der Waals surface area contributed by atoms with Crippen LogP contribution in [0.5, 0.6) is 0 Å². The molecule has 1 aromatic heterocycles. The van der Waals surface area contributed by atoms with Crippen LogP contribution < -0.4 is 0 Å². The highest BCUT2D eigenvalue weighted by atomic mass is 32.2. The molecule has 2 aliphatic heterocycles. The minimum absolute atomic E-state index is 0.679. The first-order valence-corrected chi connectivity index (χ1v) is 9.16. The molecule has 4 heteroatoms. The molecule has 0 N–H and O–H groups in total. The van der Waals surface area contributed by atoms with E-state index in [-0.39, 0.29) is 0 Å². The Morgan fingerprint density at radius 2 is 2.29 bits per heavy atom. The van der Waals surface area contributed by atoms with Crippen molar-refractivity contribution in [3.05, 3.63) is 29.1 Å². The molecule has 2 fully saturated rings. The zero-order valence-corrected chi connectivity index (χ0v) is 13.6. The third-order valence-electron chi connectivity index (χ3n) is 5.14. The Labute approximate surface area is 131 Å². The summed E-state index contributed by atoms with van der Waals surface area (Å²) in [4.78, 5) is 7.17. The van der Waals surface area contributed by atoms with Gasteiger partial charge < -0.3 is 4.74 Å². The van der Waals surface area contributed by atoms with Crippen molar-refractivity contribution in [1.29, 1.82) is 0 Å². The Bertz CT molecular complexity index is 516. The smallest absolute Gasteiger partial charge is 0.0622 e. The maximum absolute atomic E-state index is 5.54. The third-order valence-corrected chi connectivity index (χ3v) is 6.73. The van der Waals surface area contributed by atoms with Gasteiger partial charge in [0.2, 0.25) is 0 Å². The van der Waals surface area contributed by atoms with Crippen LogP contribution in [0.4, 0.5) is 0 Å². The number of hydrogen-bond acceptors (Lipinski definition) is 4. The van der Waals surface area contributed by atoms with Gasteiger partial charge in [-0.25, -0.2) is 0 Å². The van der Waals surface area contributed by atoms with Crippen molar-refractivity contribution >= 4 is 11.8 Å². The van der Waals surface area contributed by atoms with E-state index in [4.69, 9.17) is 4.74 Å². The molecule has 0 saturated carbocycles. The van der Waals surface area contributed by atoms with Gasteiger partial charge in [0, 0.05) is 41.6 Å². The van der Waals surface area contributed by atoms with Crippen LogP contribution in [0.3, 0.4) is 0 Å². The zero-order chi connectivity index (χ0) is 14.2. The number of aromatic nitrogens is 1. The second-order valence-electron chi connectivity index (χ2n) is 6.61. The lowest BCUT2D eigenvalue weighted by atomic mass is 10.1. The number of ether oxygens (including phenoxy) is 1. The van der Waals surface area contributed by atoms with Crippen LogP contribution in [0.1, 0.15) is 41.3 Å². The van der Waals surface area contributed by atoms with Gasteiger partial charge in [0.05, 0.1) is 6.61 Å². The van der Waals surface area contributed by atoms with Crippen molar-refractivity contribution in [1.82, 2.24) is 9.88 Å². The second kappa shape index (κ2) is 5.90. The number of hydrogen-bond donors (Lipinski definition) is 0. The molecule has 1 aliphatic carbocycles. The van der Waals surface area contributed by atoms with Crippen LogP contribution >= 0.6 is 11.8 Å². The molecule has 0 aromatic carbocycles. The van der Waals surface area contributed by atoms with Gasteiger partial charge in [-0.2, -0.15) is 0 Å². The van der Waals surface area contributed by atoms with Crippen molar-refractivity contribution in [2.75, 3.05) is 26.3 Å². The highest BCUT2D eigenvalue weighted by Gasteiger charge is 2.33. The fourth-order valence-electron chi connectivity index (χ4n) is 3.96. The summed E-state index contributed by atoms with van der Waals surface area (Å²) in [6, 6.07) is 2.97. The van der Waals surface area contributed by atoms with Gasteiger partial charge in [-0.15, -0.1) is 11.8 Å². The van der Waals surface area contributed by atoms with E-state index < -0.39 is 0 Å². The molecule has 0 radical (unpaired) electrons. The predicted molar refractivity (Wildman–Crippen MR) is 86.8 cm³/mol. The van der Waals surface area contributed by atoms with Crippen molar-refractivity contribution in [3.63, 3.8) is 0 Å².